The molecular weight excluding hydrogens is 376 g/mol. The van der Waals surface area contributed by atoms with Gasteiger partial charge in [-0.15, -0.1) is 0 Å². The van der Waals surface area contributed by atoms with Gasteiger partial charge in [0.1, 0.15) is 5.75 Å². The van der Waals surface area contributed by atoms with Crippen molar-refractivity contribution in [3.05, 3.63) is 42.4 Å². The van der Waals surface area contributed by atoms with Gasteiger partial charge in [-0.1, -0.05) is 0 Å². The highest BCUT2D eigenvalue weighted by Crippen LogP contribution is 2.27. The smallest absolute Gasteiger partial charge is 0.289 e. The fraction of sp³-hybridized carbons (Fsp3) is 0.350. The second-order valence-corrected chi connectivity index (χ2v) is 6.84. The number of amides is 3. The first kappa shape index (κ1) is 20.4. The Bertz CT molecular complexity index is 873. The number of carbonyl (C=O) groups excluding carboxylic acids is 3. The van der Waals surface area contributed by atoms with Crippen molar-refractivity contribution in [2.24, 2.45) is 0 Å². The van der Waals surface area contributed by atoms with Crippen LogP contribution in [-0.4, -0.2) is 62.5 Å². The maximum atomic E-state index is 12.5. The molecule has 1 aliphatic heterocycles. The van der Waals surface area contributed by atoms with Crippen LogP contribution in [0.2, 0.25) is 0 Å². The Hall–Kier alpha value is -3.33. The van der Waals surface area contributed by atoms with E-state index < -0.39 is 0 Å². The average molecular weight is 401 g/mol. The van der Waals surface area contributed by atoms with Gasteiger partial charge in [-0.25, -0.2) is 0 Å². The van der Waals surface area contributed by atoms with Gasteiger partial charge >= 0.3 is 0 Å². The Morgan fingerprint density at radius 2 is 1.93 bits per heavy atom. The van der Waals surface area contributed by atoms with E-state index in [1.54, 1.807) is 35.2 Å². The summed E-state index contributed by atoms with van der Waals surface area (Å²) in [5, 5.41) is 5.53. The van der Waals surface area contributed by atoms with E-state index in [0.717, 1.165) is 4.90 Å². The second-order valence-electron chi connectivity index (χ2n) is 6.84. The van der Waals surface area contributed by atoms with Crippen molar-refractivity contribution in [2.45, 2.75) is 6.92 Å². The number of furan rings is 1. The Morgan fingerprint density at radius 1 is 1.17 bits per heavy atom. The second kappa shape index (κ2) is 9.24. The molecule has 0 radical (unpaired) electrons. The van der Waals surface area contributed by atoms with Crippen LogP contribution in [-0.2, 0) is 9.59 Å². The third kappa shape index (κ3) is 5.35. The minimum atomic E-state index is -0.196. The van der Waals surface area contributed by atoms with Gasteiger partial charge in [-0.3, -0.25) is 14.4 Å². The lowest BCUT2D eigenvalue weighted by Gasteiger charge is -2.31. The summed E-state index contributed by atoms with van der Waals surface area (Å²) in [6.07, 6.45) is 1.48. The molecule has 2 heterocycles. The zero-order valence-electron chi connectivity index (χ0n) is 16.5. The highest BCUT2D eigenvalue weighted by molar-refractivity contribution is 5.95. The molecule has 0 aliphatic carbocycles. The minimum absolute atomic E-state index is 0.127. The van der Waals surface area contributed by atoms with E-state index >= 15 is 0 Å². The van der Waals surface area contributed by atoms with Crippen molar-refractivity contribution in [3.8, 4) is 5.75 Å². The van der Waals surface area contributed by atoms with E-state index in [1.807, 2.05) is 0 Å². The van der Waals surface area contributed by atoms with Crippen molar-refractivity contribution >= 4 is 29.1 Å². The largest absolute Gasteiger partial charge is 0.495 e. The molecule has 1 aromatic heterocycles. The van der Waals surface area contributed by atoms with Gasteiger partial charge in [-0.05, 0) is 30.3 Å². The van der Waals surface area contributed by atoms with Gasteiger partial charge in [0, 0.05) is 12.6 Å². The maximum absolute atomic E-state index is 12.5. The van der Waals surface area contributed by atoms with Gasteiger partial charge in [0.05, 0.1) is 45.2 Å². The Balaban J connectivity index is 1.54. The lowest BCUT2D eigenvalue weighted by atomic mass is 10.2. The van der Waals surface area contributed by atoms with Crippen LogP contribution in [0.15, 0.2) is 41.0 Å². The number of ether oxygens (including phenoxy) is 1. The predicted octanol–water partition coefficient (Wildman–Crippen LogP) is 0.226. The van der Waals surface area contributed by atoms with Crippen molar-refractivity contribution in [1.82, 2.24) is 4.90 Å². The number of nitrogens with zero attached hydrogens (tertiary/aromatic N) is 1. The van der Waals surface area contributed by atoms with Crippen LogP contribution in [0, 0.1) is 0 Å². The SMILES string of the molecule is COc1ccc(NC(C)=O)cc1NC(=O)C[NH+]1CCN(C(=O)c2ccco2)CC1. The number of anilines is 2. The van der Waals surface area contributed by atoms with Crippen molar-refractivity contribution in [1.29, 1.82) is 0 Å². The number of hydrogen-bond donors (Lipinski definition) is 3. The summed E-state index contributed by atoms with van der Waals surface area (Å²) in [7, 11) is 1.52. The van der Waals surface area contributed by atoms with E-state index in [9.17, 15) is 14.4 Å². The molecule has 0 spiro atoms. The first-order valence-corrected chi connectivity index (χ1v) is 9.38. The summed E-state index contributed by atoms with van der Waals surface area (Å²) in [6, 6.07) is 8.39. The summed E-state index contributed by atoms with van der Waals surface area (Å²) >= 11 is 0. The van der Waals surface area contributed by atoms with E-state index in [-0.39, 0.29) is 24.3 Å². The molecule has 1 aliphatic rings. The minimum Gasteiger partial charge on any atom is -0.495 e. The first-order valence-electron chi connectivity index (χ1n) is 9.38. The monoisotopic (exact) mass is 401 g/mol. The molecule has 0 unspecified atom stereocenters. The Labute approximate surface area is 168 Å². The number of benzene rings is 1. The molecule has 2 aromatic rings. The number of methoxy groups -OCH3 is 1. The molecule has 0 saturated carbocycles. The third-order valence-corrected chi connectivity index (χ3v) is 4.69. The third-order valence-electron chi connectivity index (χ3n) is 4.69. The molecule has 1 fully saturated rings. The van der Waals surface area contributed by atoms with Crippen LogP contribution in [0.1, 0.15) is 17.5 Å². The van der Waals surface area contributed by atoms with E-state index in [1.165, 1.54) is 20.3 Å². The van der Waals surface area contributed by atoms with Crippen molar-refractivity contribution in [3.63, 3.8) is 0 Å². The fourth-order valence-electron chi connectivity index (χ4n) is 3.27. The lowest BCUT2D eigenvalue weighted by Crippen LogP contribution is -3.15. The molecule has 3 amide bonds. The molecule has 9 nitrogen and oxygen atoms in total. The van der Waals surface area contributed by atoms with Gasteiger partial charge in [0.2, 0.25) is 5.91 Å². The summed E-state index contributed by atoms with van der Waals surface area (Å²) in [5.41, 5.74) is 1.07. The molecule has 0 bridgehead atoms. The molecule has 1 aromatic carbocycles. The molecule has 29 heavy (non-hydrogen) atoms. The number of hydrogen-bond acceptors (Lipinski definition) is 5. The van der Waals surface area contributed by atoms with Crippen LogP contribution in [0.25, 0.3) is 0 Å². The van der Waals surface area contributed by atoms with Crippen LogP contribution in [0.3, 0.4) is 0 Å². The molecule has 1 saturated heterocycles. The zero-order chi connectivity index (χ0) is 20.8. The number of carbonyl (C=O) groups is 3. The zero-order valence-corrected chi connectivity index (χ0v) is 16.5. The van der Waals surface area contributed by atoms with E-state index in [2.05, 4.69) is 10.6 Å². The molecular formula is C20H25N4O5+. The highest BCUT2D eigenvalue weighted by atomic mass is 16.5. The van der Waals surface area contributed by atoms with Gasteiger partial charge in [0.15, 0.2) is 12.3 Å². The van der Waals surface area contributed by atoms with E-state index in [4.69, 9.17) is 9.15 Å². The highest BCUT2D eigenvalue weighted by Gasteiger charge is 2.27. The number of quaternary nitrogens is 1. The lowest BCUT2D eigenvalue weighted by molar-refractivity contribution is -0.895. The van der Waals surface area contributed by atoms with Gasteiger partial charge in [0.25, 0.3) is 11.8 Å². The van der Waals surface area contributed by atoms with Crippen LogP contribution >= 0.6 is 0 Å². The first-order chi connectivity index (χ1) is 14.0. The summed E-state index contributed by atoms with van der Waals surface area (Å²) < 4.78 is 10.4. The van der Waals surface area contributed by atoms with Gasteiger partial charge in [-0.2, -0.15) is 0 Å². The summed E-state index contributed by atoms with van der Waals surface area (Å²) in [5.74, 6) is 0.356. The molecule has 3 rings (SSSR count). The summed E-state index contributed by atoms with van der Waals surface area (Å²) in [6.45, 7) is 4.15. The van der Waals surface area contributed by atoms with E-state index in [0.29, 0.717) is 49.1 Å². The molecule has 3 N–H and O–H groups in total. The summed E-state index contributed by atoms with van der Waals surface area (Å²) in [4.78, 5) is 38.9. The number of piperazine rings is 1. The molecule has 9 heteroatoms. The predicted molar refractivity (Wildman–Crippen MR) is 106 cm³/mol. The van der Waals surface area contributed by atoms with Crippen molar-refractivity contribution in [2.75, 3.05) is 50.5 Å². The van der Waals surface area contributed by atoms with Crippen molar-refractivity contribution < 1.29 is 28.4 Å². The van der Waals surface area contributed by atoms with Gasteiger partial charge < -0.3 is 29.6 Å². The molecule has 154 valence electrons. The fourth-order valence-corrected chi connectivity index (χ4v) is 3.27. The Morgan fingerprint density at radius 3 is 2.55 bits per heavy atom. The standard InChI is InChI=1S/C20H24N4O5/c1-14(25)21-15-5-6-17(28-2)16(12-15)22-19(26)13-23-7-9-24(10-8-23)20(27)18-4-3-11-29-18/h3-6,11-12H,7-10,13H2,1-2H3,(H,21,25)(H,22,26)/p+1. The quantitative estimate of drug-likeness (QED) is 0.643. The number of nitrogens with one attached hydrogen (secondary N) is 3. The van der Waals surface area contributed by atoms with Crippen LogP contribution in [0.4, 0.5) is 11.4 Å². The normalized spacial score (nSPS) is 14.3. The number of rotatable bonds is 6. The maximum Gasteiger partial charge on any atom is 0.289 e. The Kier molecular flexibility index (Phi) is 6.50. The molecule has 0 atom stereocenters. The topological polar surface area (TPSA) is 105 Å². The van der Waals surface area contributed by atoms with Crippen LogP contribution in [0.5, 0.6) is 5.75 Å². The van der Waals surface area contributed by atoms with Crippen LogP contribution < -0.4 is 20.3 Å². The average Bonchev–Trinajstić information content (AvgIpc) is 3.22.